The molecule has 0 saturated heterocycles. The fourth-order valence-corrected chi connectivity index (χ4v) is 5.26. The predicted molar refractivity (Wildman–Crippen MR) is 142 cm³/mol. The first-order valence-electron chi connectivity index (χ1n) is 11.7. The van der Waals surface area contributed by atoms with E-state index in [1.54, 1.807) is 11.9 Å². The van der Waals surface area contributed by atoms with Crippen molar-refractivity contribution in [2.75, 3.05) is 45.6 Å². The molecule has 2 aromatic carbocycles. The summed E-state index contributed by atoms with van der Waals surface area (Å²) in [4.78, 5) is 29.9. The minimum atomic E-state index is -3.78. The minimum Gasteiger partial charge on any atom is -0.368 e. The van der Waals surface area contributed by atoms with Gasteiger partial charge in [-0.1, -0.05) is 35.9 Å². The molecule has 9 nitrogen and oxygen atoms in total. The standard InChI is InChI=1S/C25H32ClN5O4S/c1-18(32)29-23-11-10-21(17-22(23)26)36(34,35)31(3)15-4-5-24(33)30(2)16-12-19-6-8-20(9-7-19)25-27-13-14-28-25/h6-11,17H,4-5,12-16H2,1-3H3,(H,27,28)(H,29,32). The van der Waals surface area contributed by atoms with E-state index < -0.39 is 10.0 Å². The van der Waals surface area contributed by atoms with E-state index in [4.69, 9.17) is 11.6 Å². The van der Waals surface area contributed by atoms with E-state index in [9.17, 15) is 18.0 Å². The topological polar surface area (TPSA) is 111 Å². The molecule has 1 aliphatic rings. The summed E-state index contributed by atoms with van der Waals surface area (Å²) < 4.78 is 26.9. The molecule has 0 unspecified atom stereocenters. The highest BCUT2D eigenvalue weighted by atomic mass is 35.5. The van der Waals surface area contributed by atoms with Gasteiger partial charge in [0.15, 0.2) is 0 Å². The second kappa shape index (κ2) is 12.3. The highest BCUT2D eigenvalue weighted by Crippen LogP contribution is 2.26. The number of sulfonamides is 1. The lowest BCUT2D eigenvalue weighted by Crippen LogP contribution is -2.31. The Hall–Kier alpha value is -2.95. The van der Waals surface area contributed by atoms with Gasteiger partial charge < -0.3 is 15.5 Å². The number of halogens is 1. The average Bonchev–Trinajstić information content (AvgIpc) is 3.38. The molecule has 194 valence electrons. The highest BCUT2D eigenvalue weighted by Gasteiger charge is 2.22. The fraction of sp³-hybridized carbons (Fsp3) is 0.400. The number of nitrogens with zero attached hydrogens (tertiary/aromatic N) is 3. The van der Waals surface area contributed by atoms with Crippen molar-refractivity contribution < 1.29 is 18.0 Å². The molecule has 0 fully saturated rings. The number of carbonyl (C=O) groups is 2. The summed E-state index contributed by atoms with van der Waals surface area (Å²) in [6.45, 7) is 3.77. The number of carbonyl (C=O) groups excluding carboxylic acids is 2. The smallest absolute Gasteiger partial charge is 0.242 e. The van der Waals surface area contributed by atoms with Gasteiger partial charge in [0, 0.05) is 52.6 Å². The van der Waals surface area contributed by atoms with Crippen LogP contribution in [0.25, 0.3) is 0 Å². The van der Waals surface area contributed by atoms with Crippen molar-refractivity contribution in [3.63, 3.8) is 0 Å². The molecule has 0 aromatic heterocycles. The molecule has 3 rings (SSSR count). The van der Waals surface area contributed by atoms with E-state index in [1.165, 1.54) is 36.5 Å². The molecule has 0 radical (unpaired) electrons. The average molecular weight is 534 g/mol. The molecule has 2 N–H and O–H groups in total. The van der Waals surface area contributed by atoms with Crippen molar-refractivity contribution in [1.29, 1.82) is 0 Å². The van der Waals surface area contributed by atoms with E-state index in [2.05, 4.69) is 15.6 Å². The zero-order valence-corrected chi connectivity index (χ0v) is 22.3. The molecule has 0 aliphatic carbocycles. The lowest BCUT2D eigenvalue weighted by atomic mass is 10.1. The summed E-state index contributed by atoms with van der Waals surface area (Å²) in [6.07, 6.45) is 1.36. The van der Waals surface area contributed by atoms with Gasteiger partial charge in [-0.15, -0.1) is 0 Å². The number of likely N-dealkylation sites (N-methyl/N-ethyl adjacent to an activating group) is 1. The van der Waals surface area contributed by atoms with E-state index in [-0.39, 0.29) is 34.7 Å². The Labute approximate surface area is 217 Å². The van der Waals surface area contributed by atoms with Crippen LogP contribution in [0.4, 0.5) is 5.69 Å². The largest absolute Gasteiger partial charge is 0.368 e. The quantitative estimate of drug-likeness (QED) is 0.461. The minimum absolute atomic E-state index is 0.0225. The third kappa shape index (κ3) is 7.28. The zero-order chi connectivity index (χ0) is 26.3. The number of amides is 2. The Morgan fingerprint density at radius 1 is 1.11 bits per heavy atom. The van der Waals surface area contributed by atoms with Crippen molar-refractivity contribution >= 4 is 45.0 Å². The summed E-state index contributed by atoms with van der Waals surface area (Å²) in [5.41, 5.74) is 2.53. The van der Waals surface area contributed by atoms with Crippen LogP contribution in [-0.4, -0.2) is 75.5 Å². The van der Waals surface area contributed by atoms with Gasteiger partial charge >= 0.3 is 0 Å². The first kappa shape index (κ1) is 27.6. The summed E-state index contributed by atoms with van der Waals surface area (Å²) in [7, 11) is -0.558. The number of hydrogen-bond acceptors (Lipinski definition) is 6. The van der Waals surface area contributed by atoms with Crippen LogP contribution in [-0.2, 0) is 26.0 Å². The van der Waals surface area contributed by atoms with Crippen LogP contribution in [0, 0.1) is 0 Å². The lowest BCUT2D eigenvalue weighted by Gasteiger charge is -2.20. The van der Waals surface area contributed by atoms with Crippen LogP contribution in [0.2, 0.25) is 5.02 Å². The Kier molecular flexibility index (Phi) is 9.47. The number of amidine groups is 1. The number of rotatable bonds is 11. The van der Waals surface area contributed by atoms with Gasteiger partial charge in [-0.3, -0.25) is 14.6 Å². The first-order valence-corrected chi connectivity index (χ1v) is 13.5. The molecule has 1 aliphatic heterocycles. The molecular formula is C25H32ClN5O4S. The lowest BCUT2D eigenvalue weighted by molar-refractivity contribution is -0.130. The highest BCUT2D eigenvalue weighted by molar-refractivity contribution is 7.89. The van der Waals surface area contributed by atoms with Gasteiger partial charge in [-0.25, -0.2) is 12.7 Å². The van der Waals surface area contributed by atoms with Crippen molar-refractivity contribution in [2.24, 2.45) is 4.99 Å². The van der Waals surface area contributed by atoms with Gasteiger partial charge in [-0.2, -0.15) is 0 Å². The van der Waals surface area contributed by atoms with Crippen LogP contribution in [0.1, 0.15) is 30.9 Å². The van der Waals surface area contributed by atoms with Gasteiger partial charge in [0.1, 0.15) is 5.84 Å². The maximum atomic E-state index is 12.9. The van der Waals surface area contributed by atoms with E-state index >= 15 is 0 Å². The van der Waals surface area contributed by atoms with Crippen LogP contribution in [0.5, 0.6) is 0 Å². The number of hydrogen-bond donors (Lipinski definition) is 2. The second-order valence-electron chi connectivity index (χ2n) is 8.67. The maximum absolute atomic E-state index is 12.9. The number of anilines is 1. The first-order chi connectivity index (χ1) is 17.1. The summed E-state index contributed by atoms with van der Waals surface area (Å²) in [5, 5.41) is 5.93. The molecule has 0 saturated carbocycles. The molecular weight excluding hydrogens is 502 g/mol. The number of aliphatic imine (C=N–C) groups is 1. The van der Waals surface area contributed by atoms with Crippen molar-refractivity contribution in [3.05, 3.63) is 58.6 Å². The normalized spacial score (nSPS) is 13.3. The van der Waals surface area contributed by atoms with Crippen LogP contribution < -0.4 is 10.6 Å². The zero-order valence-electron chi connectivity index (χ0n) is 20.8. The number of benzene rings is 2. The molecule has 36 heavy (non-hydrogen) atoms. The van der Waals surface area contributed by atoms with Crippen LogP contribution >= 0.6 is 11.6 Å². The van der Waals surface area contributed by atoms with Crippen molar-refractivity contribution in [1.82, 2.24) is 14.5 Å². The third-order valence-electron chi connectivity index (χ3n) is 5.89. The van der Waals surface area contributed by atoms with Crippen molar-refractivity contribution in [2.45, 2.75) is 31.1 Å². The van der Waals surface area contributed by atoms with Crippen molar-refractivity contribution in [3.8, 4) is 0 Å². The third-order valence-corrected chi connectivity index (χ3v) is 8.05. The maximum Gasteiger partial charge on any atom is 0.242 e. The summed E-state index contributed by atoms with van der Waals surface area (Å²) in [6, 6.07) is 12.3. The van der Waals surface area contributed by atoms with E-state index in [0.29, 0.717) is 18.7 Å². The Bertz CT molecular complexity index is 1230. The molecule has 2 amide bonds. The Balaban J connectivity index is 1.45. The molecule has 11 heteroatoms. The van der Waals surface area contributed by atoms with Gasteiger partial charge in [-0.05, 0) is 36.6 Å². The van der Waals surface area contributed by atoms with Gasteiger partial charge in [0.2, 0.25) is 21.8 Å². The van der Waals surface area contributed by atoms with Crippen LogP contribution in [0.15, 0.2) is 52.4 Å². The molecule has 1 heterocycles. The van der Waals surface area contributed by atoms with E-state index in [0.717, 1.165) is 36.5 Å². The fourth-order valence-electron chi connectivity index (χ4n) is 3.73. The number of nitrogens with one attached hydrogen (secondary N) is 2. The second-order valence-corrected chi connectivity index (χ2v) is 11.1. The molecule has 0 spiro atoms. The predicted octanol–water partition coefficient (Wildman–Crippen LogP) is 2.75. The molecule has 2 aromatic rings. The Morgan fingerprint density at radius 3 is 2.44 bits per heavy atom. The summed E-state index contributed by atoms with van der Waals surface area (Å²) >= 11 is 6.12. The molecule has 0 bridgehead atoms. The van der Waals surface area contributed by atoms with Crippen LogP contribution in [0.3, 0.4) is 0 Å². The SMILES string of the molecule is CC(=O)Nc1ccc(S(=O)(=O)N(C)CCCC(=O)N(C)CCc2ccc(C3=NCCN3)cc2)cc1Cl. The Morgan fingerprint density at radius 2 is 1.83 bits per heavy atom. The molecule has 0 atom stereocenters. The van der Waals surface area contributed by atoms with E-state index in [1.807, 2.05) is 24.3 Å². The summed E-state index contributed by atoms with van der Waals surface area (Å²) in [5.74, 6) is 0.583. The van der Waals surface area contributed by atoms with Gasteiger partial charge in [0.25, 0.3) is 0 Å². The monoisotopic (exact) mass is 533 g/mol. The van der Waals surface area contributed by atoms with Gasteiger partial charge in [0.05, 0.1) is 22.2 Å².